The van der Waals surface area contributed by atoms with Crippen molar-refractivity contribution in [1.82, 2.24) is 4.57 Å². The van der Waals surface area contributed by atoms with Gasteiger partial charge in [0.05, 0.1) is 16.8 Å². The fourth-order valence-electron chi connectivity index (χ4n) is 2.56. The Morgan fingerprint density at radius 1 is 1.12 bits per heavy atom. The Morgan fingerprint density at radius 2 is 1.88 bits per heavy atom. The highest BCUT2D eigenvalue weighted by Gasteiger charge is 2.08. The lowest BCUT2D eigenvalue weighted by Crippen LogP contribution is -2.16. The highest BCUT2D eigenvalue weighted by atomic mass is 32.1. The molecule has 124 valence electrons. The van der Waals surface area contributed by atoms with Crippen LogP contribution in [0.15, 0.2) is 53.5 Å². The van der Waals surface area contributed by atoms with Crippen molar-refractivity contribution in [3.8, 4) is 5.75 Å². The molecule has 0 radical (unpaired) electrons. The van der Waals surface area contributed by atoms with Gasteiger partial charge in [0.25, 0.3) is 5.91 Å². The third-order valence-corrected chi connectivity index (χ3v) is 4.70. The zero-order valence-corrected chi connectivity index (χ0v) is 14.7. The number of carbonyl (C=O) groups is 1. The van der Waals surface area contributed by atoms with Crippen molar-refractivity contribution in [2.24, 2.45) is 4.99 Å². The number of hydrogen-bond donors (Lipinski definition) is 0. The molecule has 24 heavy (non-hydrogen) atoms. The Hall–Kier alpha value is -2.40. The van der Waals surface area contributed by atoms with Crippen LogP contribution in [-0.4, -0.2) is 17.1 Å². The van der Waals surface area contributed by atoms with Crippen molar-refractivity contribution >= 4 is 27.5 Å². The molecular formula is C19H20N2O2S. The van der Waals surface area contributed by atoms with Crippen molar-refractivity contribution in [2.45, 2.75) is 26.8 Å². The first-order valence-electron chi connectivity index (χ1n) is 8.13. The monoisotopic (exact) mass is 340 g/mol. The van der Waals surface area contributed by atoms with Crippen LogP contribution in [0, 0.1) is 0 Å². The van der Waals surface area contributed by atoms with Gasteiger partial charge in [-0.1, -0.05) is 30.4 Å². The maximum Gasteiger partial charge on any atom is 0.279 e. The third kappa shape index (κ3) is 3.41. The molecule has 0 aliphatic carbocycles. The van der Waals surface area contributed by atoms with Gasteiger partial charge in [0.15, 0.2) is 4.80 Å². The predicted octanol–water partition coefficient (Wildman–Crippen LogP) is 4.25. The van der Waals surface area contributed by atoms with Crippen molar-refractivity contribution in [2.75, 3.05) is 6.61 Å². The number of carbonyl (C=O) groups excluding carboxylic acids is 1. The van der Waals surface area contributed by atoms with Gasteiger partial charge in [-0.2, -0.15) is 4.99 Å². The number of aromatic nitrogens is 1. The van der Waals surface area contributed by atoms with Crippen molar-refractivity contribution in [3.63, 3.8) is 0 Å². The summed E-state index contributed by atoms with van der Waals surface area (Å²) in [6.45, 7) is 5.51. The summed E-state index contributed by atoms with van der Waals surface area (Å²) in [5.41, 5.74) is 1.70. The quantitative estimate of drug-likeness (QED) is 0.697. The number of hydrogen-bond acceptors (Lipinski definition) is 3. The topological polar surface area (TPSA) is 43.6 Å². The molecule has 0 spiro atoms. The first kappa shape index (κ1) is 16.5. The molecule has 4 nitrogen and oxygen atoms in total. The normalized spacial score (nSPS) is 11.8. The summed E-state index contributed by atoms with van der Waals surface area (Å²) in [4.78, 5) is 17.6. The van der Waals surface area contributed by atoms with Crippen LogP contribution < -0.4 is 9.54 Å². The smallest absolute Gasteiger partial charge is 0.279 e. The molecule has 0 bridgehead atoms. The van der Waals surface area contributed by atoms with Gasteiger partial charge in [0, 0.05) is 12.1 Å². The summed E-state index contributed by atoms with van der Waals surface area (Å²) >= 11 is 1.55. The van der Waals surface area contributed by atoms with Crippen LogP contribution in [0.25, 0.3) is 10.2 Å². The van der Waals surface area contributed by atoms with Crippen molar-refractivity contribution in [1.29, 1.82) is 0 Å². The van der Waals surface area contributed by atoms with E-state index >= 15 is 0 Å². The van der Waals surface area contributed by atoms with Crippen molar-refractivity contribution < 1.29 is 9.53 Å². The molecule has 0 aliphatic heterocycles. The van der Waals surface area contributed by atoms with E-state index in [0.29, 0.717) is 12.2 Å². The Kier molecular flexibility index (Phi) is 5.11. The van der Waals surface area contributed by atoms with E-state index in [1.165, 1.54) is 0 Å². The molecule has 3 aromatic rings. The molecule has 3 rings (SSSR count). The van der Waals surface area contributed by atoms with Crippen LogP contribution in [0.1, 0.15) is 30.6 Å². The van der Waals surface area contributed by atoms with Crippen LogP contribution in [0.4, 0.5) is 0 Å². The number of rotatable bonds is 5. The van der Waals surface area contributed by atoms with E-state index in [-0.39, 0.29) is 5.91 Å². The molecule has 1 amide bonds. The average Bonchev–Trinajstić information content (AvgIpc) is 2.94. The van der Waals surface area contributed by atoms with Gasteiger partial charge in [-0.15, -0.1) is 0 Å². The summed E-state index contributed by atoms with van der Waals surface area (Å²) < 4.78 is 8.67. The largest absolute Gasteiger partial charge is 0.494 e. The van der Waals surface area contributed by atoms with E-state index in [1.54, 1.807) is 35.6 Å². The minimum atomic E-state index is -0.227. The number of thiazole rings is 1. The van der Waals surface area contributed by atoms with Gasteiger partial charge in [-0.3, -0.25) is 4.79 Å². The van der Waals surface area contributed by atoms with Crippen LogP contribution in [0.3, 0.4) is 0 Å². The summed E-state index contributed by atoms with van der Waals surface area (Å²) in [5.74, 6) is 0.534. The number of para-hydroxylation sites is 1. The zero-order chi connectivity index (χ0) is 16.9. The molecule has 1 heterocycles. The Balaban J connectivity index is 1.99. The van der Waals surface area contributed by atoms with Crippen molar-refractivity contribution in [3.05, 3.63) is 58.9 Å². The SMILES string of the molecule is CCCn1c(=NC(=O)c2ccc(OCC)cc2)sc2ccccc21. The van der Waals surface area contributed by atoms with E-state index < -0.39 is 0 Å². The van der Waals surface area contributed by atoms with Gasteiger partial charge >= 0.3 is 0 Å². The van der Waals surface area contributed by atoms with Gasteiger partial charge in [0.2, 0.25) is 0 Å². The lowest BCUT2D eigenvalue weighted by molar-refractivity contribution is 0.0998. The number of aryl methyl sites for hydroxylation is 1. The minimum Gasteiger partial charge on any atom is -0.494 e. The molecule has 0 aliphatic rings. The minimum absolute atomic E-state index is 0.227. The van der Waals surface area contributed by atoms with Gasteiger partial charge in [0.1, 0.15) is 5.75 Å². The van der Waals surface area contributed by atoms with Crippen LogP contribution >= 0.6 is 11.3 Å². The second-order valence-electron chi connectivity index (χ2n) is 5.38. The zero-order valence-electron chi connectivity index (χ0n) is 13.9. The fourth-order valence-corrected chi connectivity index (χ4v) is 3.61. The second kappa shape index (κ2) is 7.45. The summed E-state index contributed by atoms with van der Waals surface area (Å²) in [5, 5.41) is 0. The standard InChI is InChI=1S/C19H20N2O2S/c1-3-13-21-16-7-5-6-8-17(16)24-19(21)20-18(22)14-9-11-15(12-10-14)23-4-2/h5-12H,3-4,13H2,1-2H3. The molecule has 5 heteroatoms. The number of fused-ring (bicyclic) bond motifs is 1. The number of amides is 1. The van der Waals surface area contributed by atoms with E-state index in [0.717, 1.165) is 33.7 Å². The summed E-state index contributed by atoms with van der Waals surface area (Å²) in [6.07, 6.45) is 0.991. The van der Waals surface area contributed by atoms with E-state index in [9.17, 15) is 4.79 Å². The molecule has 2 aromatic carbocycles. The number of ether oxygens (including phenoxy) is 1. The molecule has 0 N–H and O–H groups in total. The van der Waals surface area contributed by atoms with E-state index in [2.05, 4.69) is 28.6 Å². The predicted molar refractivity (Wildman–Crippen MR) is 97.6 cm³/mol. The maximum absolute atomic E-state index is 12.5. The van der Waals surface area contributed by atoms with Crippen LogP contribution in [0.2, 0.25) is 0 Å². The molecule has 0 atom stereocenters. The van der Waals surface area contributed by atoms with E-state index in [1.807, 2.05) is 19.1 Å². The molecular weight excluding hydrogens is 320 g/mol. The number of nitrogens with zero attached hydrogens (tertiary/aromatic N) is 2. The molecule has 0 fully saturated rings. The number of benzene rings is 2. The Labute approximate surface area is 145 Å². The lowest BCUT2D eigenvalue weighted by Gasteiger charge is -2.03. The second-order valence-corrected chi connectivity index (χ2v) is 6.39. The van der Waals surface area contributed by atoms with Gasteiger partial charge < -0.3 is 9.30 Å². The summed E-state index contributed by atoms with van der Waals surface area (Å²) in [7, 11) is 0. The first-order valence-corrected chi connectivity index (χ1v) is 8.95. The Morgan fingerprint density at radius 3 is 2.58 bits per heavy atom. The van der Waals surface area contributed by atoms with Crippen LogP contribution in [0.5, 0.6) is 5.75 Å². The molecule has 0 unspecified atom stereocenters. The highest BCUT2D eigenvalue weighted by molar-refractivity contribution is 7.16. The van der Waals surface area contributed by atoms with E-state index in [4.69, 9.17) is 4.74 Å². The Bertz CT molecular complexity index is 907. The lowest BCUT2D eigenvalue weighted by atomic mass is 10.2. The maximum atomic E-state index is 12.5. The average molecular weight is 340 g/mol. The van der Waals surface area contributed by atoms with Crippen LogP contribution in [-0.2, 0) is 6.54 Å². The fraction of sp³-hybridized carbons (Fsp3) is 0.263. The first-order chi connectivity index (χ1) is 11.7. The molecule has 1 aromatic heterocycles. The van der Waals surface area contributed by atoms with Gasteiger partial charge in [-0.05, 0) is 49.7 Å². The highest BCUT2D eigenvalue weighted by Crippen LogP contribution is 2.17. The van der Waals surface area contributed by atoms with Gasteiger partial charge in [-0.25, -0.2) is 0 Å². The summed E-state index contributed by atoms with van der Waals surface area (Å²) in [6, 6.07) is 15.3. The molecule has 0 saturated carbocycles. The molecule has 0 saturated heterocycles. The third-order valence-electron chi connectivity index (χ3n) is 3.64.